The zero-order chi connectivity index (χ0) is 24.1. The number of carbonyl (C=O) groups excluding carboxylic acids is 1. The van der Waals surface area contributed by atoms with E-state index in [4.69, 9.17) is 0 Å². The van der Waals surface area contributed by atoms with Crippen LogP contribution in [0.3, 0.4) is 0 Å². The number of aryl methyl sites for hydroxylation is 1. The molecule has 4 aromatic rings. The minimum atomic E-state index is -4.65. The van der Waals surface area contributed by atoms with Gasteiger partial charge in [0.15, 0.2) is 0 Å². The van der Waals surface area contributed by atoms with Gasteiger partial charge in [0.1, 0.15) is 0 Å². The standard InChI is InChI=1S/C26H23F3N4O/c1-17-8-2-6-12-22(17)32-25(30-15-14-18-16-31-23-13-7-4-9-19(18)23)33-24(34)20-10-3-5-11-21(20)26(27,28)29/h2-13,16,31H,14-15H2,1H3,(H2,30,32,33,34). The third-order valence-electron chi connectivity index (χ3n) is 5.43. The number of benzene rings is 3. The highest BCUT2D eigenvalue weighted by molar-refractivity contribution is 6.10. The average Bonchev–Trinajstić information content (AvgIpc) is 3.23. The predicted molar refractivity (Wildman–Crippen MR) is 128 cm³/mol. The third-order valence-corrected chi connectivity index (χ3v) is 5.43. The summed E-state index contributed by atoms with van der Waals surface area (Å²) in [7, 11) is 0. The van der Waals surface area contributed by atoms with Gasteiger partial charge in [0, 0.05) is 29.3 Å². The maximum absolute atomic E-state index is 13.4. The number of amides is 1. The summed E-state index contributed by atoms with van der Waals surface area (Å²) in [6.07, 6.45) is -2.16. The van der Waals surface area contributed by atoms with Gasteiger partial charge >= 0.3 is 6.18 Å². The highest BCUT2D eigenvalue weighted by Crippen LogP contribution is 2.31. The van der Waals surface area contributed by atoms with Crippen LogP contribution in [-0.2, 0) is 12.6 Å². The lowest BCUT2D eigenvalue weighted by atomic mass is 10.1. The topological polar surface area (TPSA) is 69.3 Å². The number of H-pyrrole nitrogens is 1. The number of rotatable bonds is 5. The van der Waals surface area contributed by atoms with Crippen LogP contribution < -0.4 is 10.6 Å². The van der Waals surface area contributed by atoms with Crippen molar-refractivity contribution >= 4 is 28.5 Å². The van der Waals surface area contributed by atoms with Crippen molar-refractivity contribution in [3.63, 3.8) is 0 Å². The van der Waals surface area contributed by atoms with E-state index >= 15 is 0 Å². The molecule has 1 heterocycles. The first-order chi connectivity index (χ1) is 16.3. The second-order valence-corrected chi connectivity index (χ2v) is 7.78. The van der Waals surface area contributed by atoms with Gasteiger partial charge in [-0.05, 0) is 48.7 Å². The number of halogens is 3. The number of aliphatic imine (C=N–C) groups is 1. The van der Waals surface area contributed by atoms with Gasteiger partial charge in [-0.25, -0.2) is 0 Å². The second kappa shape index (κ2) is 9.82. The predicted octanol–water partition coefficient (Wildman–Crippen LogP) is 5.94. The van der Waals surface area contributed by atoms with Gasteiger partial charge in [-0.2, -0.15) is 13.2 Å². The number of nitrogens with one attached hydrogen (secondary N) is 3. The Kier molecular flexibility index (Phi) is 6.67. The largest absolute Gasteiger partial charge is 0.417 e. The third kappa shape index (κ3) is 5.28. The Labute approximate surface area is 194 Å². The van der Waals surface area contributed by atoms with E-state index in [0.717, 1.165) is 34.2 Å². The van der Waals surface area contributed by atoms with Crippen LogP contribution in [0.5, 0.6) is 0 Å². The summed E-state index contributed by atoms with van der Waals surface area (Å²) in [5.41, 5.74) is 2.20. The Balaban J connectivity index is 1.58. The lowest BCUT2D eigenvalue weighted by Crippen LogP contribution is -2.37. The molecule has 0 aliphatic heterocycles. The van der Waals surface area contributed by atoms with Gasteiger partial charge in [0.2, 0.25) is 5.96 Å². The Morgan fingerprint density at radius 1 is 0.971 bits per heavy atom. The summed E-state index contributed by atoms with van der Waals surface area (Å²) >= 11 is 0. The Morgan fingerprint density at radius 3 is 2.47 bits per heavy atom. The highest BCUT2D eigenvalue weighted by atomic mass is 19.4. The number of guanidine groups is 1. The van der Waals surface area contributed by atoms with Crippen molar-refractivity contribution in [3.05, 3.63) is 101 Å². The van der Waals surface area contributed by atoms with Crippen LogP contribution in [0.1, 0.15) is 27.0 Å². The minimum absolute atomic E-state index is 0.0797. The molecular weight excluding hydrogens is 441 g/mol. The molecule has 0 atom stereocenters. The molecular formula is C26H23F3N4O. The van der Waals surface area contributed by atoms with Gasteiger partial charge < -0.3 is 10.3 Å². The smallest absolute Gasteiger partial charge is 0.361 e. The highest BCUT2D eigenvalue weighted by Gasteiger charge is 2.35. The van der Waals surface area contributed by atoms with Gasteiger partial charge in [0.05, 0.1) is 11.1 Å². The first kappa shape index (κ1) is 23.1. The van der Waals surface area contributed by atoms with E-state index in [-0.39, 0.29) is 5.96 Å². The molecule has 0 bridgehead atoms. The molecule has 1 amide bonds. The van der Waals surface area contributed by atoms with Gasteiger partial charge in [0.25, 0.3) is 5.91 Å². The number of para-hydroxylation sites is 2. The summed E-state index contributed by atoms with van der Waals surface area (Å²) in [5, 5.41) is 6.66. The molecule has 0 unspecified atom stereocenters. The number of alkyl halides is 3. The molecule has 3 N–H and O–H groups in total. The van der Waals surface area contributed by atoms with Crippen LogP contribution in [0.2, 0.25) is 0 Å². The quantitative estimate of drug-likeness (QED) is 0.253. The molecule has 0 radical (unpaired) electrons. The van der Waals surface area contributed by atoms with Crippen molar-refractivity contribution in [2.75, 3.05) is 11.9 Å². The molecule has 3 aromatic carbocycles. The lowest BCUT2D eigenvalue weighted by Gasteiger charge is -2.16. The Morgan fingerprint density at radius 2 is 1.68 bits per heavy atom. The first-order valence-corrected chi connectivity index (χ1v) is 10.7. The number of carbonyl (C=O) groups is 1. The van der Waals surface area contributed by atoms with E-state index in [9.17, 15) is 18.0 Å². The molecule has 1 aromatic heterocycles. The van der Waals surface area contributed by atoms with Crippen LogP contribution in [-0.4, -0.2) is 23.4 Å². The maximum Gasteiger partial charge on any atom is 0.417 e. The number of aromatic amines is 1. The second-order valence-electron chi connectivity index (χ2n) is 7.78. The molecule has 174 valence electrons. The van der Waals surface area contributed by atoms with E-state index in [0.29, 0.717) is 18.7 Å². The van der Waals surface area contributed by atoms with Crippen LogP contribution in [0.4, 0.5) is 18.9 Å². The van der Waals surface area contributed by atoms with Crippen molar-refractivity contribution in [2.24, 2.45) is 4.99 Å². The fourth-order valence-corrected chi connectivity index (χ4v) is 3.68. The Bertz CT molecular complexity index is 1340. The summed E-state index contributed by atoms with van der Waals surface area (Å²) in [4.78, 5) is 20.5. The molecule has 4 rings (SSSR count). The van der Waals surface area contributed by atoms with E-state index in [1.165, 1.54) is 12.1 Å². The Hall–Kier alpha value is -4.07. The number of nitrogens with zero attached hydrogens (tertiary/aromatic N) is 1. The summed E-state index contributed by atoms with van der Waals surface area (Å²) < 4.78 is 40.2. The molecule has 0 saturated heterocycles. The van der Waals surface area contributed by atoms with Crippen molar-refractivity contribution < 1.29 is 18.0 Å². The van der Waals surface area contributed by atoms with E-state index in [1.54, 1.807) is 6.07 Å². The van der Waals surface area contributed by atoms with Crippen molar-refractivity contribution in [2.45, 2.75) is 19.5 Å². The molecule has 0 aliphatic carbocycles. The zero-order valence-electron chi connectivity index (χ0n) is 18.4. The monoisotopic (exact) mass is 464 g/mol. The van der Waals surface area contributed by atoms with E-state index in [1.807, 2.05) is 55.6 Å². The summed E-state index contributed by atoms with van der Waals surface area (Å²) in [5.74, 6) is -0.809. The summed E-state index contributed by atoms with van der Waals surface area (Å²) in [6, 6.07) is 19.9. The van der Waals surface area contributed by atoms with E-state index < -0.39 is 23.2 Å². The maximum atomic E-state index is 13.4. The first-order valence-electron chi connectivity index (χ1n) is 10.7. The molecule has 5 nitrogen and oxygen atoms in total. The number of anilines is 1. The number of hydrogen-bond acceptors (Lipinski definition) is 2. The van der Waals surface area contributed by atoms with Crippen LogP contribution in [0.15, 0.2) is 84.0 Å². The van der Waals surface area contributed by atoms with Gasteiger partial charge in [-0.15, -0.1) is 0 Å². The van der Waals surface area contributed by atoms with Crippen molar-refractivity contribution in [3.8, 4) is 0 Å². The van der Waals surface area contributed by atoms with Crippen LogP contribution in [0.25, 0.3) is 10.9 Å². The average molecular weight is 464 g/mol. The van der Waals surface area contributed by atoms with Gasteiger partial charge in [-0.1, -0.05) is 48.5 Å². The van der Waals surface area contributed by atoms with Crippen LogP contribution >= 0.6 is 0 Å². The van der Waals surface area contributed by atoms with Gasteiger partial charge in [-0.3, -0.25) is 15.1 Å². The van der Waals surface area contributed by atoms with E-state index in [2.05, 4.69) is 20.6 Å². The number of aromatic nitrogens is 1. The normalized spacial score (nSPS) is 12.1. The number of fused-ring (bicyclic) bond motifs is 1. The molecule has 34 heavy (non-hydrogen) atoms. The minimum Gasteiger partial charge on any atom is -0.361 e. The molecule has 0 fully saturated rings. The number of hydrogen-bond donors (Lipinski definition) is 3. The van der Waals surface area contributed by atoms with Crippen LogP contribution in [0, 0.1) is 6.92 Å². The fraction of sp³-hybridized carbons (Fsp3) is 0.154. The molecule has 0 spiro atoms. The van der Waals surface area contributed by atoms with Crippen molar-refractivity contribution in [1.29, 1.82) is 0 Å². The van der Waals surface area contributed by atoms with Crippen molar-refractivity contribution in [1.82, 2.24) is 10.3 Å². The molecule has 0 saturated carbocycles. The molecule has 8 heteroatoms. The lowest BCUT2D eigenvalue weighted by molar-refractivity contribution is -0.137. The summed E-state index contributed by atoms with van der Waals surface area (Å²) in [6.45, 7) is 2.20. The molecule has 0 aliphatic rings. The SMILES string of the molecule is Cc1ccccc1NC(=NCCc1c[nH]c2ccccc12)NC(=O)c1ccccc1C(F)(F)F. The fourth-order valence-electron chi connectivity index (χ4n) is 3.68. The zero-order valence-corrected chi connectivity index (χ0v) is 18.4.